The van der Waals surface area contributed by atoms with Gasteiger partial charge in [0.05, 0.1) is 24.4 Å². The van der Waals surface area contributed by atoms with Gasteiger partial charge in [-0.3, -0.25) is 4.98 Å². The van der Waals surface area contributed by atoms with Crippen LogP contribution in [0, 0.1) is 0 Å². The fourth-order valence-corrected chi connectivity index (χ4v) is 5.05. The minimum atomic E-state index is -0.356. The molecule has 0 radical (unpaired) electrons. The molecule has 2 atom stereocenters. The van der Waals surface area contributed by atoms with Gasteiger partial charge in [-0.15, -0.1) is 0 Å². The predicted molar refractivity (Wildman–Crippen MR) is 146 cm³/mol. The van der Waals surface area contributed by atoms with Crippen LogP contribution in [0.5, 0.6) is 0 Å². The van der Waals surface area contributed by atoms with E-state index in [2.05, 4.69) is 63.9 Å². The SMILES string of the molecule is COC(=O)c1ccc(-n2cccc2[C@H]2[C@@H](c3ccccn3)NC(=S)N2c2ccc(C(C)C)cc2)cc1. The number of nitrogens with one attached hydrogen (secondary N) is 1. The van der Waals surface area contributed by atoms with Crippen molar-refractivity contribution in [2.45, 2.75) is 31.8 Å². The van der Waals surface area contributed by atoms with Crippen LogP contribution in [0.15, 0.2) is 91.3 Å². The molecule has 2 aromatic heterocycles. The van der Waals surface area contributed by atoms with Crippen LogP contribution in [0.25, 0.3) is 5.69 Å². The van der Waals surface area contributed by atoms with E-state index < -0.39 is 0 Å². The molecule has 0 amide bonds. The lowest BCUT2D eigenvalue weighted by atomic mass is 9.99. The lowest BCUT2D eigenvalue weighted by molar-refractivity contribution is 0.0600. The van der Waals surface area contributed by atoms with E-state index in [1.807, 2.05) is 48.8 Å². The van der Waals surface area contributed by atoms with Gasteiger partial charge in [0.15, 0.2) is 5.11 Å². The molecule has 0 saturated carbocycles. The molecule has 5 rings (SSSR count). The molecular weight excluding hydrogens is 468 g/mol. The smallest absolute Gasteiger partial charge is 0.337 e. The zero-order valence-electron chi connectivity index (χ0n) is 20.5. The van der Waals surface area contributed by atoms with Gasteiger partial charge < -0.3 is 19.5 Å². The van der Waals surface area contributed by atoms with Gasteiger partial charge in [-0.05, 0) is 84.4 Å². The number of methoxy groups -OCH3 is 1. The molecule has 0 spiro atoms. The first-order valence-electron chi connectivity index (χ1n) is 11.9. The van der Waals surface area contributed by atoms with Crippen molar-refractivity contribution < 1.29 is 9.53 Å². The van der Waals surface area contributed by atoms with Crippen LogP contribution < -0.4 is 10.2 Å². The summed E-state index contributed by atoms with van der Waals surface area (Å²) in [7, 11) is 1.39. The van der Waals surface area contributed by atoms with Crippen molar-refractivity contribution >= 4 is 29.0 Å². The second-order valence-electron chi connectivity index (χ2n) is 9.08. The number of carbonyl (C=O) groups is 1. The number of anilines is 1. The molecule has 0 aliphatic carbocycles. The Bertz CT molecular complexity index is 1360. The van der Waals surface area contributed by atoms with Crippen molar-refractivity contribution in [1.29, 1.82) is 0 Å². The standard InChI is InChI=1S/C29H28N4O2S/c1-19(2)20-9-15-23(16-10-20)33-27(26(31-29(33)36)24-7-4-5-17-30-24)25-8-6-18-32(25)22-13-11-21(12-14-22)28(34)35-3/h4-19,26-27H,1-3H3,(H,31,36)/t26-,27+/m1/s1. The molecule has 1 saturated heterocycles. The Labute approximate surface area is 216 Å². The first kappa shape index (κ1) is 23.8. The normalized spacial score (nSPS) is 17.3. The minimum absolute atomic E-state index is 0.146. The molecule has 0 bridgehead atoms. The lowest BCUT2D eigenvalue weighted by Crippen LogP contribution is -2.30. The fourth-order valence-electron chi connectivity index (χ4n) is 4.70. The maximum Gasteiger partial charge on any atom is 0.337 e. The van der Waals surface area contributed by atoms with Crippen LogP contribution in [-0.2, 0) is 4.74 Å². The lowest BCUT2D eigenvalue weighted by Gasteiger charge is -2.29. The van der Waals surface area contributed by atoms with E-state index in [-0.39, 0.29) is 18.1 Å². The average molecular weight is 497 g/mol. The fraction of sp³-hybridized carbons (Fsp3) is 0.207. The zero-order chi connectivity index (χ0) is 25.2. The van der Waals surface area contributed by atoms with E-state index in [4.69, 9.17) is 17.0 Å². The maximum atomic E-state index is 11.9. The predicted octanol–water partition coefficient (Wildman–Crippen LogP) is 5.96. The average Bonchev–Trinajstić information content (AvgIpc) is 3.53. The number of nitrogens with zero attached hydrogens (tertiary/aromatic N) is 3. The van der Waals surface area contributed by atoms with Crippen LogP contribution in [0.1, 0.15) is 59.2 Å². The van der Waals surface area contributed by atoms with E-state index in [1.165, 1.54) is 12.7 Å². The summed E-state index contributed by atoms with van der Waals surface area (Å²) < 4.78 is 6.98. The molecule has 2 aromatic carbocycles. The molecule has 4 aromatic rings. The number of carbonyl (C=O) groups excluding carboxylic acids is 1. The molecule has 1 aliphatic heterocycles. The molecule has 6 nitrogen and oxygen atoms in total. The number of pyridine rings is 1. The Balaban J connectivity index is 1.60. The Hall–Kier alpha value is -3.97. The Morgan fingerprint density at radius 1 is 0.972 bits per heavy atom. The third-order valence-electron chi connectivity index (χ3n) is 6.59. The van der Waals surface area contributed by atoms with E-state index >= 15 is 0 Å². The number of hydrogen-bond donors (Lipinski definition) is 1. The number of aromatic nitrogens is 2. The summed E-state index contributed by atoms with van der Waals surface area (Å²) in [6, 6.07) is 25.8. The summed E-state index contributed by atoms with van der Waals surface area (Å²) in [5, 5.41) is 4.18. The summed E-state index contributed by atoms with van der Waals surface area (Å²) in [5.74, 6) is 0.0934. The molecule has 1 N–H and O–H groups in total. The van der Waals surface area contributed by atoms with Gasteiger partial charge in [-0.25, -0.2) is 4.79 Å². The highest BCUT2D eigenvalue weighted by Gasteiger charge is 2.42. The quantitative estimate of drug-likeness (QED) is 0.263. The van der Waals surface area contributed by atoms with Gasteiger partial charge in [-0.1, -0.05) is 32.0 Å². The molecule has 182 valence electrons. The van der Waals surface area contributed by atoms with Crippen LogP contribution >= 0.6 is 12.2 Å². The third kappa shape index (κ3) is 4.38. The topological polar surface area (TPSA) is 59.4 Å². The Kier molecular flexibility index (Phi) is 6.57. The van der Waals surface area contributed by atoms with Crippen molar-refractivity contribution in [3.05, 3.63) is 114 Å². The van der Waals surface area contributed by atoms with Crippen LogP contribution in [0.4, 0.5) is 5.69 Å². The largest absolute Gasteiger partial charge is 0.465 e. The second kappa shape index (κ2) is 9.95. The second-order valence-corrected chi connectivity index (χ2v) is 9.47. The van der Waals surface area contributed by atoms with Gasteiger partial charge in [0.1, 0.15) is 6.04 Å². The van der Waals surface area contributed by atoms with Crippen molar-refractivity contribution in [3.63, 3.8) is 0 Å². The zero-order valence-corrected chi connectivity index (χ0v) is 21.3. The van der Waals surface area contributed by atoms with E-state index in [0.29, 0.717) is 16.6 Å². The van der Waals surface area contributed by atoms with E-state index in [0.717, 1.165) is 22.8 Å². The molecule has 7 heteroatoms. The molecule has 1 fully saturated rings. The van der Waals surface area contributed by atoms with Gasteiger partial charge in [0.2, 0.25) is 0 Å². The Morgan fingerprint density at radius 3 is 2.33 bits per heavy atom. The number of thiocarbonyl (C=S) groups is 1. The van der Waals surface area contributed by atoms with Crippen LogP contribution in [0.2, 0.25) is 0 Å². The first-order chi connectivity index (χ1) is 17.5. The number of hydrogen-bond acceptors (Lipinski definition) is 4. The summed E-state index contributed by atoms with van der Waals surface area (Å²) in [6.45, 7) is 4.38. The van der Waals surface area contributed by atoms with Gasteiger partial charge in [-0.2, -0.15) is 0 Å². The molecule has 3 heterocycles. The van der Waals surface area contributed by atoms with Crippen LogP contribution in [0.3, 0.4) is 0 Å². The highest BCUT2D eigenvalue weighted by atomic mass is 32.1. The first-order valence-corrected chi connectivity index (χ1v) is 12.4. The molecule has 0 unspecified atom stereocenters. The van der Waals surface area contributed by atoms with Gasteiger partial charge >= 0.3 is 5.97 Å². The van der Waals surface area contributed by atoms with Crippen molar-refractivity contribution in [3.8, 4) is 5.69 Å². The number of rotatable bonds is 6. The number of benzene rings is 2. The number of ether oxygens (including phenoxy) is 1. The number of esters is 1. The van der Waals surface area contributed by atoms with E-state index in [1.54, 1.807) is 12.1 Å². The highest BCUT2D eigenvalue weighted by Crippen LogP contribution is 2.42. The van der Waals surface area contributed by atoms with E-state index in [9.17, 15) is 4.79 Å². The minimum Gasteiger partial charge on any atom is -0.465 e. The monoisotopic (exact) mass is 496 g/mol. The summed E-state index contributed by atoms with van der Waals surface area (Å²) in [4.78, 5) is 18.8. The van der Waals surface area contributed by atoms with Crippen molar-refractivity contribution in [2.24, 2.45) is 0 Å². The van der Waals surface area contributed by atoms with Crippen molar-refractivity contribution in [1.82, 2.24) is 14.9 Å². The molecule has 36 heavy (non-hydrogen) atoms. The van der Waals surface area contributed by atoms with Crippen molar-refractivity contribution in [2.75, 3.05) is 12.0 Å². The third-order valence-corrected chi connectivity index (χ3v) is 6.90. The summed E-state index contributed by atoms with van der Waals surface area (Å²) in [6.07, 6.45) is 3.83. The molecular formula is C29H28N4O2S. The summed E-state index contributed by atoms with van der Waals surface area (Å²) >= 11 is 5.88. The Morgan fingerprint density at radius 2 is 1.69 bits per heavy atom. The maximum absolute atomic E-state index is 11.9. The van der Waals surface area contributed by atoms with Gasteiger partial charge in [0.25, 0.3) is 0 Å². The highest BCUT2D eigenvalue weighted by molar-refractivity contribution is 7.80. The van der Waals surface area contributed by atoms with Crippen LogP contribution in [-0.4, -0.2) is 27.7 Å². The van der Waals surface area contributed by atoms with Gasteiger partial charge in [0, 0.05) is 29.5 Å². The summed E-state index contributed by atoms with van der Waals surface area (Å²) in [5.41, 5.74) is 5.72. The molecule has 1 aliphatic rings.